The van der Waals surface area contributed by atoms with Crippen molar-refractivity contribution in [2.45, 2.75) is 26.8 Å². The van der Waals surface area contributed by atoms with Crippen molar-refractivity contribution in [2.75, 3.05) is 11.9 Å². The molecule has 0 unspecified atom stereocenters. The van der Waals surface area contributed by atoms with Crippen molar-refractivity contribution in [3.8, 4) is 17.1 Å². The van der Waals surface area contributed by atoms with Crippen molar-refractivity contribution in [3.05, 3.63) is 83.0 Å². The van der Waals surface area contributed by atoms with Crippen LogP contribution in [0.1, 0.15) is 34.1 Å². The van der Waals surface area contributed by atoms with Crippen LogP contribution >= 0.6 is 0 Å². The van der Waals surface area contributed by atoms with Crippen LogP contribution in [0.2, 0.25) is 0 Å². The van der Waals surface area contributed by atoms with Crippen molar-refractivity contribution in [1.29, 1.82) is 0 Å². The van der Waals surface area contributed by atoms with E-state index in [2.05, 4.69) is 15.3 Å². The number of nitrogens with one attached hydrogen (secondary N) is 1. The molecule has 0 spiro atoms. The number of nitrogens with zero attached hydrogens (tertiary/aromatic N) is 3. The van der Waals surface area contributed by atoms with Gasteiger partial charge >= 0.3 is 0 Å². The molecule has 7 nitrogen and oxygen atoms in total. The van der Waals surface area contributed by atoms with E-state index < -0.39 is 0 Å². The summed E-state index contributed by atoms with van der Waals surface area (Å²) >= 11 is 0. The van der Waals surface area contributed by atoms with Crippen molar-refractivity contribution in [2.24, 2.45) is 0 Å². The lowest BCUT2D eigenvalue weighted by molar-refractivity contribution is -0.114. The first-order valence-corrected chi connectivity index (χ1v) is 11.1. The number of carbonyl (C=O) groups is 2. The summed E-state index contributed by atoms with van der Waals surface area (Å²) in [7, 11) is 0. The zero-order valence-corrected chi connectivity index (χ0v) is 19.0. The molecule has 4 aromatic rings. The van der Waals surface area contributed by atoms with Gasteiger partial charge in [0.25, 0.3) is 5.91 Å². The number of aromatic nitrogens is 2. The second-order valence-electron chi connectivity index (χ2n) is 8.52. The van der Waals surface area contributed by atoms with Crippen molar-refractivity contribution < 1.29 is 14.7 Å². The summed E-state index contributed by atoms with van der Waals surface area (Å²) in [5.74, 6) is 0.457. The van der Waals surface area contributed by atoms with Gasteiger partial charge in [0.15, 0.2) is 5.82 Å². The van der Waals surface area contributed by atoms with Crippen molar-refractivity contribution in [1.82, 2.24) is 14.9 Å². The normalized spacial score (nSPS) is 12.9. The topological polar surface area (TPSA) is 95.4 Å². The first-order valence-electron chi connectivity index (χ1n) is 11.1. The SMILES string of the molecule is CC(=O)Nc1ccc(-c2nc(C(=O)N3CCc4c(ccc(C)c4O)C3)c3ccccc3n2)cc1. The maximum atomic E-state index is 13.7. The number of phenols is 1. The van der Waals surface area contributed by atoms with E-state index in [1.165, 1.54) is 6.92 Å². The Morgan fingerprint density at radius 1 is 1.00 bits per heavy atom. The van der Waals surface area contributed by atoms with Gasteiger partial charge in [-0.3, -0.25) is 9.59 Å². The fourth-order valence-electron chi connectivity index (χ4n) is 4.35. The van der Waals surface area contributed by atoms with Gasteiger partial charge in [0.2, 0.25) is 5.91 Å². The highest BCUT2D eigenvalue weighted by Crippen LogP contribution is 2.31. The molecule has 34 heavy (non-hydrogen) atoms. The lowest BCUT2D eigenvalue weighted by Gasteiger charge is -2.29. The third-order valence-electron chi connectivity index (χ3n) is 6.13. The zero-order chi connectivity index (χ0) is 23.8. The van der Waals surface area contributed by atoms with E-state index in [1.54, 1.807) is 17.0 Å². The highest BCUT2D eigenvalue weighted by molar-refractivity contribution is 6.05. The number of aryl methyl sites for hydroxylation is 1. The molecule has 0 bridgehead atoms. The van der Waals surface area contributed by atoms with Crippen LogP contribution in [-0.2, 0) is 17.8 Å². The highest BCUT2D eigenvalue weighted by Gasteiger charge is 2.27. The third-order valence-corrected chi connectivity index (χ3v) is 6.13. The first kappa shape index (κ1) is 21.6. The largest absolute Gasteiger partial charge is 0.507 e. The maximum absolute atomic E-state index is 13.7. The van der Waals surface area contributed by atoms with Gasteiger partial charge in [0, 0.05) is 42.2 Å². The fraction of sp³-hybridized carbons (Fsp3) is 0.185. The Bertz CT molecular complexity index is 1430. The monoisotopic (exact) mass is 452 g/mol. The first-order chi connectivity index (χ1) is 16.4. The Labute approximate surface area is 197 Å². The lowest BCUT2D eigenvalue weighted by atomic mass is 9.96. The van der Waals surface area contributed by atoms with Crippen LogP contribution in [0, 0.1) is 6.92 Å². The predicted molar refractivity (Wildman–Crippen MR) is 131 cm³/mol. The standard InChI is InChI=1S/C27H24N4O3/c1-16-7-8-19-15-31(14-13-21(19)25(16)33)27(34)24-22-5-3-4-6-23(22)29-26(30-24)18-9-11-20(12-10-18)28-17(2)32/h3-12,33H,13-15H2,1-2H3,(H,28,32). The third kappa shape index (κ3) is 3.96. The number of rotatable bonds is 3. The molecule has 0 saturated heterocycles. The molecule has 2 N–H and O–H groups in total. The summed E-state index contributed by atoms with van der Waals surface area (Å²) in [6, 6.07) is 18.6. The number of fused-ring (bicyclic) bond motifs is 2. The van der Waals surface area contributed by atoms with Crippen LogP contribution in [0.4, 0.5) is 5.69 Å². The number of para-hydroxylation sites is 1. The lowest BCUT2D eigenvalue weighted by Crippen LogP contribution is -2.36. The number of anilines is 1. The number of hydrogen-bond donors (Lipinski definition) is 2. The molecular weight excluding hydrogens is 428 g/mol. The summed E-state index contributed by atoms with van der Waals surface area (Å²) in [5, 5.41) is 13.9. The summed E-state index contributed by atoms with van der Waals surface area (Å²) in [4.78, 5) is 36.1. The van der Waals surface area contributed by atoms with Crippen molar-refractivity contribution in [3.63, 3.8) is 0 Å². The van der Waals surface area contributed by atoms with Crippen LogP contribution < -0.4 is 5.32 Å². The molecule has 2 amide bonds. The number of phenolic OH excluding ortho intramolecular Hbond substituents is 1. The van der Waals surface area contributed by atoms with Gasteiger partial charge in [-0.1, -0.05) is 30.3 Å². The van der Waals surface area contributed by atoms with Gasteiger partial charge in [-0.25, -0.2) is 9.97 Å². The zero-order valence-electron chi connectivity index (χ0n) is 19.0. The number of aromatic hydroxyl groups is 1. The second kappa shape index (κ2) is 8.59. The molecular formula is C27H24N4O3. The van der Waals surface area contributed by atoms with Crippen LogP contribution in [0.25, 0.3) is 22.3 Å². The van der Waals surface area contributed by atoms with Gasteiger partial charge in [-0.2, -0.15) is 0 Å². The molecule has 2 heterocycles. The van der Waals surface area contributed by atoms with Gasteiger partial charge in [0.1, 0.15) is 11.4 Å². The molecule has 0 aliphatic carbocycles. The highest BCUT2D eigenvalue weighted by atomic mass is 16.3. The van der Waals surface area contributed by atoms with E-state index in [1.807, 2.05) is 55.5 Å². The van der Waals surface area contributed by atoms with E-state index in [0.717, 1.165) is 22.3 Å². The smallest absolute Gasteiger partial charge is 0.273 e. The van der Waals surface area contributed by atoms with E-state index in [-0.39, 0.29) is 11.8 Å². The number of amides is 2. The number of carbonyl (C=O) groups excluding carboxylic acids is 2. The van der Waals surface area contributed by atoms with Gasteiger partial charge in [0.05, 0.1) is 5.52 Å². The Kier molecular flexibility index (Phi) is 5.45. The fourth-order valence-corrected chi connectivity index (χ4v) is 4.35. The van der Waals surface area contributed by atoms with Crippen molar-refractivity contribution >= 4 is 28.4 Å². The van der Waals surface area contributed by atoms with Crippen LogP contribution in [0.5, 0.6) is 5.75 Å². The molecule has 0 saturated carbocycles. The molecule has 7 heteroatoms. The molecule has 1 aliphatic rings. The molecule has 0 atom stereocenters. The van der Waals surface area contributed by atoms with E-state index >= 15 is 0 Å². The van der Waals surface area contributed by atoms with Gasteiger partial charge in [-0.05, 0) is 54.8 Å². The van der Waals surface area contributed by atoms with E-state index in [9.17, 15) is 14.7 Å². The summed E-state index contributed by atoms with van der Waals surface area (Å²) in [6.07, 6.45) is 0.592. The average Bonchev–Trinajstić information content (AvgIpc) is 2.85. The van der Waals surface area contributed by atoms with Crippen LogP contribution in [0.3, 0.4) is 0 Å². The quantitative estimate of drug-likeness (QED) is 0.478. The summed E-state index contributed by atoms with van der Waals surface area (Å²) in [6.45, 7) is 4.26. The van der Waals surface area contributed by atoms with E-state index in [0.29, 0.717) is 53.4 Å². The molecule has 0 fully saturated rings. The molecule has 3 aromatic carbocycles. The Hall–Kier alpha value is -4.26. The minimum absolute atomic E-state index is 0.144. The van der Waals surface area contributed by atoms with Crippen LogP contribution in [0.15, 0.2) is 60.7 Å². The molecule has 5 rings (SSSR count). The van der Waals surface area contributed by atoms with Crippen LogP contribution in [-0.4, -0.2) is 38.3 Å². The van der Waals surface area contributed by atoms with E-state index in [4.69, 9.17) is 0 Å². The second-order valence-corrected chi connectivity index (χ2v) is 8.52. The predicted octanol–water partition coefficient (Wildman–Crippen LogP) is 4.47. The Balaban J connectivity index is 1.52. The Morgan fingerprint density at radius 3 is 2.53 bits per heavy atom. The summed E-state index contributed by atoms with van der Waals surface area (Å²) in [5.41, 5.74) is 5.18. The molecule has 1 aromatic heterocycles. The molecule has 170 valence electrons. The number of benzene rings is 3. The minimum Gasteiger partial charge on any atom is -0.507 e. The number of hydrogen-bond acceptors (Lipinski definition) is 5. The summed E-state index contributed by atoms with van der Waals surface area (Å²) < 4.78 is 0. The van der Waals surface area contributed by atoms with Gasteiger partial charge in [-0.15, -0.1) is 0 Å². The Morgan fingerprint density at radius 2 is 1.76 bits per heavy atom. The minimum atomic E-state index is -0.166. The molecule has 1 aliphatic heterocycles. The molecule has 0 radical (unpaired) electrons. The average molecular weight is 453 g/mol. The van der Waals surface area contributed by atoms with Gasteiger partial charge < -0.3 is 15.3 Å². The maximum Gasteiger partial charge on any atom is 0.273 e.